The van der Waals surface area contributed by atoms with Gasteiger partial charge in [-0.25, -0.2) is 0 Å². The molecule has 7 aromatic rings. The number of rotatable bonds is 4. The van der Waals surface area contributed by atoms with Crippen molar-refractivity contribution in [3.8, 4) is 22.3 Å². The SMILES string of the molecule is C=Cc1ccc(-c2ccc(C)cc2)cc1C=C.C=N.Cc1ccc(-c2cccc3oc4ccccc4c23)cc1.Cc1ccccc1. The molecule has 0 aliphatic carbocycles. The third-order valence-electron chi connectivity index (χ3n) is 7.62. The molecule has 46 heavy (non-hydrogen) atoms. The highest BCUT2D eigenvalue weighted by atomic mass is 16.3. The highest BCUT2D eigenvalue weighted by Crippen LogP contribution is 2.36. The quantitative estimate of drug-likeness (QED) is 0.201. The van der Waals surface area contributed by atoms with Crippen molar-refractivity contribution in [1.29, 1.82) is 5.41 Å². The predicted molar refractivity (Wildman–Crippen MR) is 202 cm³/mol. The van der Waals surface area contributed by atoms with Gasteiger partial charge in [-0.05, 0) is 79.1 Å². The fourth-order valence-corrected chi connectivity index (χ4v) is 5.15. The molecule has 0 saturated heterocycles. The second-order valence-corrected chi connectivity index (χ2v) is 10.9. The summed E-state index contributed by atoms with van der Waals surface area (Å²) in [6.07, 6.45) is 3.73. The summed E-state index contributed by atoms with van der Waals surface area (Å²) in [5.41, 5.74) is 12.9. The molecular weight excluding hydrogens is 558 g/mol. The number of aryl methyl sites for hydroxylation is 3. The molecule has 0 bridgehead atoms. The molecule has 0 aliphatic rings. The minimum Gasteiger partial charge on any atom is -0.456 e. The molecule has 1 heterocycles. The van der Waals surface area contributed by atoms with E-state index >= 15 is 0 Å². The summed E-state index contributed by atoms with van der Waals surface area (Å²) in [5.74, 6) is 0. The Bertz CT molecular complexity index is 2010. The van der Waals surface area contributed by atoms with Crippen LogP contribution in [0.2, 0.25) is 0 Å². The molecule has 2 nitrogen and oxygen atoms in total. The lowest BCUT2D eigenvalue weighted by atomic mass is 9.98. The van der Waals surface area contributed by atoms with Crippen molar-refractivity contribution in [3.05, 3.63) is 181 Å². The van der Waals surface area contributed by atoms with E-state index in [1.54, 1.807) is 0 Å². The van der Waals surface area contributed by atoms with Crippen molar-refractivity contribution < 1.29 is 4.42 Å². The Morgan fingerprint density at radius 1 is 0.478 bits per heavy atom. The number of hydrogen-bond donors (Lipinski definition) is 1. The number of furan rings is 1. The van der Waals surface area contributed by atoms with Crippen molar-refractivity contribution in [3.63, 3.8) is 0 Å². The third-order valence-corrected chi connectivity index (χ3v) is 7.62. The van der Waals surface area contributed by atoms with Gasteiger partial charge in [-0.2, -0.15) is 0 Å². The lowest BCUT2D eigenvalue weighted by molar-refractivity contribution is 0.669. The van der Waals surface area contributed by atoms with Gasteiger partial charge in [-0.3, -0.25) is 0 Å². The zero-order chi connectivity index (χ0) is 32.9. The summed E-state index contributed by atoms with van der Waals surface area (Å²) >= 11 is 0. The Balaban J connectivity index is 0.000000167. The van der Waals surface area contributed by atoms with Crippen molar-refractivity contribution in [1.82, 2.24) is 0 Å². The molecule has 0 saturated carbocycles. The van der Waals surface area contributed by atoms with Gasteiger partial charge in [0.1, 0.15) is 11.2 Å². The van der Waals surface area contributed by atoms with Crippen LogP contribution in [0.25, 0.3) is 56.3 Å². The number of hydrogen-bond acceptors (Lipinski definition) is 2. The van der Waals surface area contributed by atoms with Crippen LogP contribution in [0, 0.1) is 26.2 Å². The van der Waals surface area contributed by atoms with Crippen molar-refractivity contribution >= 4 is 40.8 Å². The van der Waals surface area contributed by atoms with Gasteiger partial charge >= 0.3 is 0 Å². The first kappa shape index (κ1) is 33.2. The van der Waals surface area contributed by atoms with Gasteiger partial charge in [0.25, 0.3) is 0 Å². The number of fused-ring (bicyclic) bond motifs is 3. The summed E-state index contributed by atoms with van der Waals surface area (Å²) in [6, 6.07) is 48.3. The fourth-order valence-electron chi connectivity index (χ4n) is 5.15. The average molecular weight is 600 g/mol. The first-order valence-electron chi connectivity index (χ1n) is 15.3. The maximum absolute atomic E-state index is 5.94. The molecule has 228 valence electrons. The second kappa shape index (κ2) is 16.4. The summed E-state index contributed by atoms with van der Waals surface area (Å²) in [5, 5.41) is 7.88. The zero-order valence-corrected chi connectivity index (χ0v) is 27.0. The van der Waals surface area contributed by atoms with Crippen LogP contribution >= 0.6 is 0 Å². The summed E-state index contributed by atoms with van der Waals surface area (Å²) < 4.78 is 5.94. The molecule has 0 fully saturated rings. The molecular formula is C44H41NO. The van der Waals surface area contributed by atoms with Crippen molar-refractivity contribution in [2.24, 2.45) is 0 Å². The first-order chi connectivity index (χ1) is 22.5. The molecule has 7 rings (SSSR count). The molecule has 0 atom stereocenters. The highest BCUT2D eigenvalue weighted by Gasteiger charge is 2.11. The Labute approximate surface area is 273 Å². The van der Waals surface area contributed by atoms with Crippen LogP contribution in [-0.2, 0) is 0 Å². The highest BCUT2D eigenvalue weighted by molar-refractivity contribution is 6.12. The largest absolute Gasteiger partial charge is 0.456 e. The van der Waals surface area contributed by atoms with Crippen LogP contribution in [0.15, 0.2) is 157 Å². The van der Waals surface area contributed by atoms with Gasteiger partial charge in [0.05, 0.1) is 0 Å². The fraction of sp³-hybridized carbons (Fsp3) is 0.0682. The zero-order valence-electron chi connectivity index (χ0n) is 27.0. The molecule has 0 spiro atoms. The molecule has 0 unspecified atom stereocenters. The second-order valence-electron chi connectivity index (χ2n) is 10.9. The maximum Gasteiger partial charge on any atom is 0.136 e. The molecule has 0 amide bonds. The maximum atomic E-state index is 5.94. The van der Waals surface area contributed by atoms with Gasteiger partial charge in [0.2, 0.25) is 0 Å². The molecule has 6 aromatic carbocycles. The first-order valence-corrected chi connectivity index (χ1v) is 15.3. The molecule has 0 radical (unpaired) electrons. The third kappa shape index (κ3) is 8.25. The van der Waals surface area contributed by atoms with E-state index in [-0.39, 0.29) is 0 Å². The lowest BCUT2D eigenvalue weighted by Gasteiger charge is -2.06. The smallest absolute Gasteiger partial charge is 0.136 e. The Hall–Kier alpha value is -5.73. The monoisotopic (exact) mass is 599 g/mol. The minimum absolute atomic E-state index is 0.946. The van der Waals surface area contributed by atoms with Crippen LogP contribution in [-0.4, -0.2) is 6.72 Å². The van der Waals surface area contributed by atoms with E-state index in [4.69, 9.17) is 9.83 Å². The van der Waals surface area contributed by atoms with E-state index in [0.29, 0.717) is 0 Å². The van der Waals surface area contributed by atoms with Gasteiger partial charge in [0, 0.05) is 10.8 Å². The number of para-hydroxylation sites is 1. The van der Waals surface area contributed by atoms with Crippen molar-refractivity contribution in [2.45, 2.75) is 20.8 Å². The number of benzene rings is 6. The van der Waals surface area contributed by atoms with Gasteiger partial charge in [-0.15, -0.1) is 0 Å². The van der Waals surface area contributed by atoms with E-state index in [1.807, 2.05) is 48.6 Å². The van der Waals surface area contributed by atoms with Gasteiger partial charge in [-0.1, -0.05) is 163 Å². The average Bonchev–Trinajstić information content (AvgIpc) is 3.50. The molecule has 1 aromatic heterocycles. The molecule has 2 heteroatoms. The topological polar surface area (TPSA) is 37.0 Å². The Kier molecular flexibility index (Phi) is 11.8. The van der Waals surface area contributed by atoms with Crippen LogP contribution in [0.5, 0.6) is 0 Å². The van der Waals surface area contributed by atoms with Crippen LogP contribution in [0.4, 0.5) is 0 Å². The molecule has 1 N–H and O–H groups in total. The van der Waals surface area contributed by atoms with Crippen LogP contribution in [0.1, 0.15) is 27.8 Å². The van der Waals surface area contributed by atoms with E-state index in [0.717, 1.165) is 22.3 Å². The Morgan fingerprint density at radius 2 is 1.00 bits per heavy atom. The van der Waals surface area contributed by atoms with Gasteiger partial charge < -0.3 is 9.83 Å². The summed E-state index contributed by atoms with van der Waals surface area (Å²) in [6.45, 7) is 16.4. The molecule has 0 aliphatic heterocycles. The van der Waals surface area contributed by atoms with Crippen molar-refractivity contribution in [2.75, 3.05) is 0 Å². The summed E-state index contributed by atoms with van der Waals surface area (Å²) in [4.78, 5) is 0. The van der Waals surface area contributed by atoms with E-state index in [9.17, 15) is 0 Å². The van der Waals surface area contributed by atoms with E-state index in [1.165, 1.54) is 49.7 Å². The van der Waals surface area contributed by atoms with E-state index < -0.39 is 0 Å². The minimum atomic E-state index is 0.946. The summed E-state index contributed by atoms with van der Waals surface area (Å²) in [7, 11) is 0. The van der Waals surface area contributed by atoms with Gasteiger partial charge in [0.15, 0.2) is 0 Å². The van der Waals surface area contributed by atoms with Crippen LogP contribution in [0.3, 0.4) is 0 Å². The lowest BCUT2D eigenvalue weighted by Crippen LogP contribution is -1.84. The standard InChI is InChI=1S/C19H14O.C17H16.C7H8.CH3N/c1-13-9-11-14(12-10-13)15-6-4-8-18-19(15)16-5-2-3-7-17(16)20-18;1-4-14-10-11-17(12-15(14)5-2)16-8-6-13(3)7-9-16;1-7-5-3-2-4-6-7;1-2/h2-12H,1H3;4-12H,1-2H2,3H3;2-6H,1H3;2H,1H2. The number of nitrogens with one attached hydrogen (secondary N) is 1. The van der Waals surface area contributed by atoms with Crippen LogP contribution < -0.4 is 0 Å². The van der Waals surface area contributed by atoms with E-state index in [2.05, 4.69) is 144 Å². The predicted octanol–water partition coefficient (Wildman–Crippen LogP) is 12.8. The Morgan fingerprint density at radius 3 is 1.59 bits per heavy atom. The normalized spacial score (nSPS) is 9.98.